The first-order valence-corrected chi connectivity index (χ1v) is 15.9. The van der Waals surface area contributed by atoms with Gasteiger partial charge in [0.1, 0.15) is 0 Å². The number of fused-ring (bicyclic) bond motifs is 15. The summed E-state index contributed by atoms with van der Waals surface area (Å²) in [6.45, 7) is 0.875. The lowest BCUT2D eigenvalue weighted by atomic mass is 9.70. The molecule has 1 aromatic heterocycles. The molecule has 2 aliphatic carbocycles. The minimum atomic E-state index is -0.339. The molecule has 0 fully saturated rings. The highest BCUT2D eigenvalue weighted by Crippen LogP contribution is 2.63. The summed E-state index contributed by atoms with van der Waals surface area (Å²) in [7, 11) is 0. The Morgan fingerprint density at radius 1 is 0.400 bits per heavy atom. The SMILES string of the molecule is c1ccc(-c2cc3c4c(c2)c2cc5c(cc2n4Cc2ccccc2-3)C2(c3ccccc3-c3ccccc32)c2ccccc2-5)cc1. The molecule has 0 saturated heterocycles. The Morgan fingerprint density at radius 2 is 0.978 bits per heavy atom. The van der Waals surface area contributed by atoms with Crippen LogP contribution in [-0.2, 0) is 12.0 Å². The van der Waals surface area contributed by atoms with E-state index in [2.05, 4.69) is 156 Å². The van der Waals surface area contributed by atoms with Gasteiger partial charge in [-0.2, -0.15) is 0 Å². The van der Waals surface area contributed by atoms with E-state index >= 15 is 0 Å². The minimum absolute atomic E-state index is 0.339. The first kappa shape index (κ1) is 23.8. The van der Waals surface area contributed by atoms with Gasteiger partial charge >= 0.3 is 0 Å². The van der Waals surface area contributed by atoms with Gasteiger partial charge in [-0.1, -0.05) is 127 Å². The van der Waals surface area contributed by atoms with Crippen molar-refractivity contribution in [3.63, 3.8) is 0 Å². The van der Waals surface area contributed by atoms with Gasteiger partial charge in [-0.05, 0) is 91.0 Å². The summed E-state index contributed by atoms with van der Waals surface area (Å²) in [5.41, 5.74) is 19.9. The van der Waals surface area contributed by atoms with Gasteiger partial charge in [0.15, 0.2) is 0 Å². The average Bonchev–Trinajstić information content (AvgIpc) is 3.70. The zero-order chi connectivity index (χ0) is 29.3. The Labute approximate surface area is 261 Å². The highest BCUT2D eigenvalue weighted by atomic mass is 15.0. The third-order valence-corrected chi connectivity index (χ3v) is 10.8. The summed E-state index contributed by atoms with van der Waals surface area (Å²) >= 11 is 0. The summed E-state index contributed by atoms with van der Waals surface area (Å²) in [5, 5.41) is 2.67. The molecular weight excluding hydrogens is 542 g/mol. The van der Waals surface area contributed by atoms with E-state index in [9.17, 15) is 0 Å². The van der Waals surface area contributed by atoms with Crippen LogP contribution in [-0.4, -0.2) is 4.57 Å². The van der Waals surface area contributed by atoms with Crippen molar-refractivity contribution in [3.8, 4) is 44.5 Å². The molecular formula is C44H27N. The van der Waals surface area contributed by atoms with E-state index in [1.807, 2.05) is 0 Å². The first-order valence-electron chi connectivity index (χ1n) is 15.9. The van der Waals surface area contributed by atoms with Crippen LogP contribution in [0.15, 0.2) is 152 Å². The van der Waals surface area contributed by atoms with Gasteiger partial charge in [0.05, 0.1) is 10.9 Å². The molecule has 7 aromatic carbocycles. The van der Waals surface area contributed by atoms with E-state index in [1.165, 1.54) is 94.1 Å². The lowest BCUT2D eigenvalue weighted by Gasteiger charge is -2.30. The van der Waals surface area contributed by atoms with Crippen LogP contribution in [0.3, 0.4) is 0 Å². The third kappa shape index (κ3) is 2.81. The predicted molar refractivity (Wildman–Crippen MR) is 186 cm³/mol. The zero-order valence-corrected chi connectivity index (χ0v) is 24.6. The van der Waals surface area contributed by atoms with E-state index < -0.39 is 0 Å². The molecule has 0 bridgehead atoms. The highest BCUT2D eigenvalue weighted by molar-refractivity contribution is 6.17. The molecule has 0 saturated carbocycles. The van der Waals surface area contributed by atoms with Crippen molar-refractivity contribution in [3.05, 3.63) is 179 Å². The zero-order valence-electron chi connectivity index (χ0n) is 24.6. The largest absolute Gasteiger partial charge is 0.335 e. The molecule has 1 aliphatic heterocycles. The van der Waals surface area contributed by atoms with Crippen molar-refractivity contribution in [1.29, 1.82) is 0 Å². The molecule has 8 aromatic rings. The average molecular weight is 570 g/mol. The van der Waals surface area contributed by atoms with Crippen LogP contribution in [0, 0.1) is 0 Å². The van der Waals surface area contributed by atoms with E-state index in [0.717, 1.165) is 6.54 Å². The van der Waals surface area contributed by atoms with Gasteiger partial charge in [-0.3, -0.25) is 0 Å². The quantitative estimate of drug-likeness (QED) is 0.185. The monoisotopic (exact) mass is 569 g/mol. The lowest BCUT2D eigenvalue weighted by Crippen LogP contribution is -2.25. The van der Waals surface area contributed by atoms with Gasteiger partial charge in [0.25, 0.3) is 0 Å². The van der Waals surface area contributed by atoms with Crippen molar-refractivity contribution in [1.82, 2.24) is 4.57 Å². The maximum absolute atomic E-state index is 2.60. The molecule has 0 N–H and O–H groups in total. The molecule has 2 heterocycles. The van der Waals surface area contributed by atoms with Gasteiger partial charge in [0, 0.05) is 28.4 Å². The topological polar surface area (TPSA) is 4.93 Å². The smallest absolute Gasteiger partial charge is 0.0726 e. The molecule has 0 unspecified atom stereocenters. The van der Waals surface area contributed by atoms with Gasteiger partial charge < -0.3 is 4.57 Å². The molecule has 0 atom stereocenters. The highest BCUT2D eigenvalue weighted by Gasteiger charge is 2.51. The van der Waals surface area contributed by atoms with Crippen LogP contribution in [0.25, 0.3) is 66.3 Å². The molecule has 1 spiro atoms. The molecule has 1 heteroatoms. The Kier molecular flexibility index (Phi) is 4.37. The van der Waals surface area contributed by atoms with Crippen LogP contribution >= 0.6 is 0 Å². The number of rotatable bonds is 1. The number of aromatic nitrogens is 1. The number of hydrogen-bond donors (Lipinski definition) is 0. The summed E-state index contributed by atoms with van der Waals surface area (Å²) in [6, 6.07) is 57.1. The summed E-state index contributed by atoms with van der Waals surface area (Å²) in [6.07, 6.45) is 0. The molecule has 45 heavy (non-hydrogen) atoms. The fourth-order valence-corrected chi connectivity index (χ4v) is 9.07. The standard InChI is InChI=1S/C44H27N/c1-2-12-27(13-3-1)29-22-36-30-15-5-4-14-28(30)26-45-42-25-41-34(24-35(42)37(23-29)43(36)45)33-18-8-11-21-40(33)44(41)38-19-9-6-16-31(38)32-17-7-10-20-39(32)44/h1-25H,26H2. The minimum Gasteiger partial charge on any atom is -0.335 e. The van der Waals surface area contributed by atoms with E-state index in [0.29, 0.717) is 0 Å². The van der Waals surface area contributed by atoms with Gasteiger partial charge in [-0.15, -0.1) is 0 Å². The van der Waals surface area contributed by atoms with Crippen LogP contribution in [0.5, 0.6) is 0 Å². The number of benzene rings is 7. The molecule has 1 nitrogen and oxygen atoms in total. The van der Waals surface area contributed by atoms with Crippen molar-refractivity contribution in [2.45, 2.75) is 12.0 Å². The Balaban J connectivity index is 1.31. The molecule has 0 radical (unpaired) electrons. The van der Waals surface area contributed by atoms with Crippen LogP contribution < -0.4 is 0 Å². The van der Waals surface area contributed by atoms with Crippen LogP contribution in [0.2, 0.25) is 0 Å². The Hall–Kier alpha value is -5.66. The fraction of sp³-hybridized carbons (Fsp3) is 0.0455. The second-order valence-electron chi connectivity index (χ2n) is 12.8. The second kappa shape index (κ2) is 8.28. The van der Waals surface area contributed by atoms with Crippen molar-refractivity contribution >= 4 is 21.8 Å². The third-order valence-electron chi connectivity index (χ3n) is 10.8. The van der Waals surface area contributed by atoms with Gasteiger partial charge in [-0.25, -0.2) is 0 Å². The lowest BCUT2D eigenvalue weighted by molar-refractivity contribution is 0.792. The first-order chi connectivity index (χ1) is 22.3. The Morgan fingerprint density at radius 3 is 1.67 bits per heavy atom. The van der Waals surface area contributed by atoms with Gasteiger partial charge in [0.2, 0.25) is 0 Å². The van der Waals surface area contributed by atoms with Crippen LogP contribution in [0.4, 0.5) is 0 Å². The van der Waals surface area contributed by atoms with Crippen molar-refractivity contribution in [2.75, 3.05) is 0 Å². The molecule has 3 aliphatic rings. The molecule has 11 rings (SSSR count). The summed E-state index contributed by atoms with van der Waals surface area (Å²) in [4.78, 5) is 0. The van der Waals surface area contributed by atoms with Crippen LogP contribution in [0.1, 0.15) is 27.8 Å². The van der Waals surface area contributed by atoms with Crippen molar-refractivity contribution in [2.24, 2.45) is 0 Å². The molecule has 208 valence electrons. The maximum Gasteiger partial charge on any atom is 0.0726 e. The molecule has 0 amide bonds. The van der Waals surface area contributed by atoms with E-state index in [1.54, 1.807) is 0 Å². The number of nitrogens with zero attached hydrogens (tertiary/aromatic N) is 1. The summed E-state index contributed by atoms with van der Waals surface area (Å²) in [5.74, 6) is 0. The Bertz CT molecular complexity index is 2520. The van der Waals surface area contributed by atoms with E-state index in [-0.39, 0.29) is 5.41 Å². The predicted octanol–water partition coefficient (Wildman–Crippen LogP) is 10.8. The summed E-state index contributed by atoms with van der Waals surface area (Å²) < 4.78 is 2.60. The maximum atomic E-state index is 2.60. The number of hydrogen-bond acceptors (Lipinski definition) is 0. The van der Waals surface area contributed by atoms with E-state index in [4.69, 9.17) is 0 Å². The normalized spacial score (nSPS) is 14.3. The fourth-order valence-electron chi connectivity index (χ4n) is 9.07. The second-order valence-corrected chi connectivity index (χ2v) is 12.8. The van der Waals surface area contributed by atoms with Crippen molar-refractivity contribution < 1.29 is 0 Å².